The van der Waals surface area contributed by atoms with Gasteiger partial charge in [0.2, 0.25) is 5.91 Å². The summed E-state index contributed by atoms with van der Waals surface area (Å²) in [7, 11) is 0. The molecule has 5 atom stereocenters. The molecule has 1 aliphatic carbocycles. The van der Waals surface area contributed by atoms with Crippen LogP contribution in [0, 0.1) is 17.8 Å². The number of fused-ring (bicyclic) bond motifs is 1. The Kier molecular flexibility index (Phi) is 9.74. The molecule has 1 aromatic heterocycles. The molecule has 2 saturated heterocycles. The van der Waals surface area contributed by atoms with E-state index in [0.717, 1.165) is 18.4 Å². The number of hydrogen-bond donors (Lipinski definition) is 2. The van der Waals surface area contributed by atoms with Crippen molar-refractivity contribution in [2.24, 2.45) is 17.8 Å². The molecule has 45 heavy (non-hydrogen) atoms. The van der Waals surface area contributed by atoms with E-state index in [9.17, 15) is 19.2 Å². The number of hydrogen-bond acceptors (Lipinski definition) is 9. The number of nitrogens with zero attached hydrogens (tertiary/aromatic N) is 5. The van der Waals surface area contributed by atoms with Crippen LogP contribution < -0.4 is 10.2 Å². The van der Waals surface area contributed by atoms with Crippen LogP contribution in [-0.2, 0) is 14.3 Å². The van der Waals surface area contributed by atoms with E-state index in [2.05, 4.69) is 10.3 Å². The number of carbonyl (C=O) groups excluding carboxylic acids is 3. The molecular weight excluding hydrogens is 580 g/mol. The number of ether oxygens (including phenoxy) is 2. The summed E-state index contributed by atoms with van der Waals surface area (Å²) in [5.74, 6) is 0.172. The molecule has 3 aliphatic rings. The smallest absolute Gasteiger partial charge is 0.450 e. The Morgan fingerprint density at radius 1 is 1.04 bits per heavy atom. The lowest BCUT2D eigenvalue weighted by Gasteiger charge is -2.40. The second-order valence-electron chi connectivity index (χ2n) is 12.4. The maximum Gasteiger partial charge on any atom is 0.506 e. The summed E-state index contributed by atoms with van der Waals surface area (Å²) in [4.78, 5) is 65.7. The van der Waals surface area contributed by atoms with Gasteiger partial charge in [-0.1, -0.05) is 57.5 Å². The second kappa shape index (κ2) is 13.7. The Morgan fingerprint density at radius 3 is 2.38 bits per heavy atom. The number of piperazine rings is 1. The third kappa shape index (κ3) is 7.29. The Balaban J connectivity index is 1.29. The van der Waals surface area contributed by atoms with E-state index in [0.29, 0.717) is 51.0 Å². The van der Waals surface area contributed by atoms with Crippen LogP contribution in [0.1, 0.15) is 51.0 Å². The molecule has 3 fully saturated rings. The third-order valence-corrected chi connectivity index (χ3v) is 8.77. The first-order chi connectivity index (χ1) is 21.6. The lowest BCUT2D eigenvalue weighted by Crippen LogP contribution is -2.60. The number of anilines is 1. The molecule has 0 bridgehead atoms. The summed E-state index contributed by atoms with van der Waals surface area (Å²) in [6.45, 7) is 10.2. The zero-order valence-corrected chi connectivity index (χ0v) is 26.2. The fraction of sp³-hybridized carbons (Fsp3) is 0.562. The molecule has 1 aromatic carbocycles. The van der Waals surface area contributed by atoms with E-state index in [1.54, 1.807) is 15.9 Å². The minimum atomic E-state index is -1.27. The average Bonchev–Trinajstić information content (AvgIpc) is 3.43. The van der Waals surface area contributed by atoms with Gasteiger partial charge in [-0.3, -0.25) is 9.59 Å². The predicted octanol–water partition coefficient (Wildman–Crippen LogP) is 3.50. The zero-order chi connectivity index (χ0) is 32.2. The van der Waals surface area contributed by atoms with Crippen molar-refractivity contribution in [2.45, 2.75) is 58.7 Å². The Bertz CT molecular complexity index is 1390. The number of amides is 3. The fourth-order valence-electron chi connectivity index (χ4n) is 6.12. The minimum absolute atomic E-state index is 0.0810. The van der Waals surface area contributed by atoms with Crippen LogP contribution >= 0.6 is 0 Å². The molecule has 2 aromatic rings. The van der Waals surface area contributed by atoms with Crippen molar-refractivity contribution in [1.82, 2.24) is 25.1 Å². The van der Waals surface area contributed by atoms with Crippen LogP contribution in [-0.4, -0.2) is 106 Å². The van der Waals surface area contributed by atoms with Gasteiger partial charge in [-0.25, -0.2) is 19.6 Å². The van der Waals surface area contributed by atoms with Crippen molar-refractivity contribution >= 4 is 29.9 Å². The van der Waals surface area contributed by atoms with E-state index >= 15 is 0 Å². The fourth-order valence-corrected chi connectivity index (χ4v) is 6.12. The van der Waals surface area contributed by atoms with Crippen LogP contribution in [0.15, 0.2) is 36.4 Å². The summed E-state index contributed by atoms with van der Waals surface area (Å²) >= 11 is 0. The molecule has 242 valence electrons. The number of unbranched alkanes of at least 4 members (excludes halogenated alkanes) is 1. The van der Waals surface area contributed by atoms with Crippen LogP contribution in [0.4, 0.5) is 15.4 Å². The lowest BCUT2D eigenvalue weighted by atomic mass is 10.0. The van der Waals surface area contributed by atoms with Gasteiger partial charge in [0, 0.05) is 62.2 Å². The van der Waals surface area contributed by atoms with E-state index in [1.807, 2.05) is 62.9 Å². The second-order valence-corrected chi connectivity index (χ2v) is 12.4. The normalized spacial score (nSPS) is 22.9. The highest BCUT2D eigenvalue weighted by molar-refractivity contribution is 5.97. The highest BCUT2D eigenvalue weighted by atomic mass is 16.7. The van der Waals surface area contributed by atoms with E-state index < -0.39 is 18.1 Å². The molecule has 1 saturated carbocycles. The highest BCUT2D eigenvalue weighted by Crippen LogP contribution is 2.48. The van der Waals surface area contributed by atoms with Crippen LogP contribution in [0.2, 0.25) is 0 Å². The van der Waals surface area contributed by atoms with E-state index in [4.69, 9.17) is 19.6 Å². The number of carboxylic acid groups (broad SMARTS) is 1. The molecule has 5 rings (SSSR count). The molecule has 3 amide bonds. The van der Waals surface area contributed by atoms with Crippen molar-refractivity contribution in [1.29, 1.82) is 0 Å². The predicted molar refractivity (Wildman–Crippen MR) is 165 cm³/mol. The van der Waals surface area contributed by atoms with Gasteiger partial charge in [-0.15, -0.1) is 0 Å². The lowest BCUT2D eigenvalue weighted by molar-refractivity contribution is -0.137. The number of carbonyl (C=O) groups is 4. The zero-order valence-electron chi connectivity index (χ0n) is 26.2. The van der Waals surface area contributed by atoms with Crippen LogP contribution in [0.5, 0.6) is 0 Å². The van der Waals surface area contributed by atoms with Gasteiger partial charge in [-0.05, 0) is 19.3 Å². The van der Waals surface area contributed by atoms with Gasteiger partial charge < -0.3 is 34.6 Å². The van der Waals surface area contributed by atoms with Crippen molar-refractivity contribution in [3.63, 3.8) is 0 Å². The molecule has 1 unspecified atom stereocenters. The van der Waals surface area contributed by atoms with Gasteiger partial charge >= 0.3 is 12.2 Å². The minimum Gasteiger partial charge on any atom is -0.450 e. The summed E-state index contributed by atoms with van der Waals surface area (Å²) in [5, 5.41) is 11.9. The monoisotopic (exact) mass is 622 g/mol. The molecule has 2 N–H and O–H groups in total. The Labute approximate surface area is 262 Å². The Hall–Kier alpha value is -4.42. The summed E-state index contributed by atoms with van der Waals surface area (Å²) in [5.41, 5.74) is 0.866. The third-order valence-electron chi connectivity index (χ3n) is 8.77. The summed E-state index contributed by atoms with van der Waals surface area (Å²) in [6, 6.07) is 9.91. The van der Waals surface area contributed by atoms with E-state index in [1.165, 1.54) is 0 Å². The molecule has 13 nitrogen and oxygen atoms in total. The first kappa shape index (κ1) is 32.0. The molecule has 3 heterocycles. The molecule has 0 radical (unpaired) electrons. The molecule has 0 spiro atoms. The first-order valence-corrected chi connectivity index (χ1v) is 15.7. The van der Waals surface area contributed by atoms with Gasteiger partial charge in [0.25, 0.3) is 5.91 Å². The first-order valence-electron chi connectivity index (χ1n) is 15.7. The van der Waals surface area contributed by atoms with Crippen LogP contribution in [0.25, 0.3) is 11.4 Å². The van der Waals surface area contributed by atoms with Gasteiger partial charge in [0.05, 0.1) is 6.61 Å². The number of rotatable bonds is 10. The number of piperidine rings is 1. The molecular formula is C32H42N6O7. The van der Waals surface area contributed by atoms with Crippen molar-refractivity contribution in [3.05, 3.63) is 42.1 Å². The number of nitrogens with one attached hydrogen (secondary N) is 1. The Morgan fingerprint density at radius 2 is 1.76 bits per heavy atom. The van der Waals surface area contributed by atoms with Crippen molar-refractivity contribution < 1.29 is 33.8 Å². The SMILES string of the molecule is CCCCOC(=O)N1CCN(C(=O)[C@@H](NC(=O)c2cc(N3C[C@@H]4C(OC(=O)O)[C@@H]4C3)nc(-c3ccccc3)n2)C(C)C)C[C@H]1C. The van der Waals surface area contributed by atoms with Gasteiger partial charge in [0.15, 0.2) is 5.82 Å². The van der Waals surface area contributed by atoms with E-state index in [-0.39, 0.29) is 47.6 Å². The molecule has 13 heteroatoms. The largest absolute Gasteiger partial charge is 0.506 e. The van der Waals surface area contributed by atoms with Crippen molar-refractivity contribution in [3.8, 4) is 11.4 Å². The molecule has 2 aliphatic heterocycles. The maximum atomic E-state index is 13.7. The van der Waals surface area contributed by atoms with Gasteiger partial charge in [-0.2, -0.15) is 0 Å². The number of aromatic nitrogens is 2. The maximum absolute atomic E-state index is 13.7. The highest BCUT2D eigenvalue weighted by Gasteiger charge is 2.59. The summed E-state index contributed by atoms with van der Waals surface area (Å²) in [6.07, 6.45) is -0.224. The van der Waals surface area contributed by atoms with Gasteiger partial charge in [0.1, 0.15) is 23.7 Å². The average molecular weight is 623 g/mol. The standard InChI is InChI=1S/C32H42N6O7/c1-5-6-14-44-31(41)38-13-12-36(16-20(38)4)30(40)26(19(2)3)35-29(39)24-15-25(34-28(33-24)21-10-8-7-9-11-21)37-17-22-23(18-37)27(22)45-32(42)43/h7-11,15,19-20,22-23,26-27H,5-6,12-14,16-18H2,1-4H3,(H,35,39)(H,42,43)/t20-,22-,23+,26+,27?/m1/s1. The topological polar surface area (TPSA) is 154 Å². The quantitative estimate of drug-likeness (QED) is 0.297. The summed E-state index contributed by atoms with van der Waals surface area (Å²) < 4.78 is 10.4. The number of benzene rings is 1. The van der Waals surface area contributed by atoms with Crippen molar-refractivity contribution in [2.75, 3.05) is 44.2 Å². The van der Waals surface area contributed by atoms with Crippen LogP contribution in [0.3, 0.4) is 0 Å².